The molecule has 0 aliphatic heterocycles. The van der Waals surface area contributed by atoms with Crippen LogP contribution in [0.2, 0.25) is 0 Å². The third-order valence-corrected chi connectivity index (χ3v) is 5.43. The maximum atomic E-state index is 12.4. The summed E-state index contributed by atoms with van der Waals surface area (Å²) in [5, 5.41) is 7.78. The number of nitrogens with zero attached hydrogens (tertiary/aromatic N) is 1. The molecule has 1 amide bonds. The van der Waals surface area contributed by atoms with Crippen LogP contribution in [0.4, 0.5) is 0 Å². The van der Waals surface area contributed by atoms with Gasteiger partial charge in [0.2, 0.25) is 10.0 Å². The zero-order valence-electron chi connectivity index (χ0n) is 16.8. The van der Waals surface area contributed by atoms with E-state index in [2.05, 4.69) is 15.3 Å². The second-order valence-corrected chi connectivity index (χ2v) is 8.36. The van der Waals surface area contributed by atoms with E-state index in [1.807, 2.05) is 12.1 Å². The number of ether oxygens (including phenoxy) is 1. The maximum Gasteiger partial charge on any atom is 0.270 e. The lowest BCUT2D eigenvalue weighted by Crippen LogP contribution is -2.28. The van der Waals surface area contributed by atoms with E-state index in [4.69, 9.17) is 9.88 Å². The first-order valence-electron chi connectivity index (χ1n) is 9.38. The van der Waals surface area contributed by atoms with Crippen LogP contribution in [0, 0.1) is 0 Å². The number of sulfonamides is 1. The van der Waals surface area contributed by atoms with Gasteiger partial charge in [-0.3, -0.25) is 9.59 Å². The van der Waals surface area contributed by atoms with Crippen LogP contribution in [0.25, 0.3) is 0 Å². The van der Waals surface area contributed by atoms with Crippen LogP contribution >= 0.6 is 0 Å². The fraction of sp³-hybridized carbons (Fsp3) is 0.190. The number of aromatic nitrogens is 2. The van der Waals surface area contributed by atoms with Gasteiger partial charge in [0.1, 0.15) is 17.3 Å². The number of carbonyl (C=O) groups excluding carboxylic acids is 1. The summed E-state index contributed by atoms with van der Waals surface area (Å²) in [7, 11) is -2.16. The quantitative estimate of drug-likeness (QED) is 0.474. The first-order valence-corrected chi connectivity index (χ1v) is 10.9. The van der Waals surface area contributed by atoms with Gasteiger partial charge in [0.05, 0.1) is 12.0 Å². The molecule has 1 heterocycles. The molecular formula is C21H22N4O5S. The summed E-state index contributed by atoms with van der Waals surface area (Å²) in [6.07, 6.45) is 0.829. The van der Waals surface area contributed by atoms with Crippen LogP contribution in [0.3, 0.4) is 0 Å². The van der Waals surface area contributed by atoms with Crippen molar-refractivity contribution < 1.29 is 17.9 Å². The molecule has 9 nitrogen and oxygen atoms in total. The summed E-state index contributed by atoms with van der Waals surface area (Å²) in [6, 6.07) is 14.5. The molecule has 0 atom stereocenters. The lowest BCUT2D eigenvalue weighted by atomic mass is 10.1. The number of aromatic amines is 1. The molecule has 3 aromatic rings. The molecule has 0 bridgehead atoms. The number of methoxy groups -OCH3 is 1. The Labute approximate surface area is 179 Å². The lowest BCUT2D eigenvalue weighted by Gasteiger charge is -2.07. The minimum atomic E-state index is -3.74. The molecular weight excluding hydrogens is 420 g/mol. The molecule has 1 aromatic heterocycles. The Morgan fingerprint density at radius 1 is 1.10 bits per heavy atom. The Hall–Kier alpha value is -3.50. The van der Waals surface area contributed by atoms with E-state index >= 15 is 0 Å². The summed E-state index contributed by atoms with van der Waals surface area (Å²) < 4.78 is 27.7. The molecule has 0 aliphatic carbocycles. The van der Waals surface area contributed by atoms with Crippen molar-refractivity contribution >= 4 is 15.9 Å². The molecule has 4 N–H and O–H groups in total. The Morgan fingerprint density at radius 3 is 2.35 bits per heavy atom. The SMILES string of the molecule is COc1ccc(Cc2nc(C(=O)NCCc3ccc(S(N)(=O)=O)cc3)cc(=O)[nH]2)cc1. The number of rotatable bonds is 8. The number of benzene rings is 2. The van der Waals surface area contributed by atoms with Crippen molar-refractivity contribution in [2.24, 2.45) is 5.14 Å². The van der Waals surface area contributed by atoms with Gasteiger partial charge >= 0.3 is 0 Å². The van der Waals surface area contributed by atoms with E-state index in [1.54, 1.807) is 31.4 Å². The van der Waals surface area contributed by atoms with E-state index in [0.29, 0.717) is 18.7 Å². The molecule has 0 unspecified atom stereocenters. The molecule has 162 valence electrons. The molecule has 10 heteroatoms. The minimum absolute atomic E-state index is 0.0248. The Kier molecular flexibility index (Phi) is 6.83. The van der Waals surface area contributed by atoms with Crippen LogP contribution in [0.5, 0.6) is 5.75 Å². The first-order chi connectivity index (χ1) is 14.7. The first kappa shape index (κ1) is 22.2. The number of nitrogens with one attached hydrogen (secondary N) is 2. The highest BCUT2D eigenvalue weighted by atomic mass is 32.2. The molecule has 0 fully saturated rings. The second kappa shape index (κ2) is 9.54. The highest BCUT2D eigenvalue weighted by Gasteiger charge is 2.11. The number of hydrogen-bond acceptors (Lipinski definition) is 6. The number of H-pyrrole nitrogens is 1. The van der Waals surface area contributed by atoms with Gasteiger partial charge in [-0.2, -0.15) is 0 Å². The van der Waals surface area contributed by atoms with Gasteiger partial charge in [-0.15, -0.1) is 0 Å². The van der Waals surface area contributed by atoms with Crippen LogP contribution in [-0.4, -0.2) is 37.9 Å². The Balaban J connectivity index is 1.61. The minimum Gasteiger partial charge on any atom is -0.497 e. The zero-order valence-corrected chi connectivity index (χ0v) is 17.6. The van der Waals surface area contributed by atoms with E-state index in [1.165, 1.54) is 12.1 Å². The fourth-order valence-corrected chi connectivity index (χ4v) is 3.42. The molecule has 0 saturated carbocycles. The monoisotopic (exact) mass is 442 g/mol. The Morgan fingerprint density at radius 2 is 1.74 bits per heavy atom. The van der Waals surface area contributed by atoms with Crippen LogP contribution in [0.15, 0.2) is 64.3 Å². The van der Waals surface area contributed by atoms with Crippen LogP contribution < -0.4 is 20.8 Å². The van der Waals surface area contributed by atoms with Crippen molar-refractivity contribution in [3.05, 3.63) is 87.6 Å². The van der Waals surface area contributed by atoms with Crippen molar-refractivity contribution in [2.45, 2.75) is 17.7 Å². The summed E-state index contributed by atoms with van der Waals surface area (Å²) in [5.74, 6) is 0.627. The van der Waals surface area contributed by atoms with Gasteiger partial charge in [0, 0.05) is 19.0 Å². The molecule has 2 aromatic carbocycles. The number of nitrogens with two attached hydrogens (primary N) is 1. The third kappa shape index (κ3) is 6.24. The smallest absolute Gasteiger partial charge is 0.270 e. The number of carbonyl (C=O) groups is 1. The van der Waals surface area contributed by atoms with Gasteiger partial charge in [0.15, 0.2) is 0 Å². The summed E-state index contributed by atoms with van der Waals surface area (Å²) >= 11 is 0. The summed E-state index contributed by atoms with van der Waals surface area (Å²) in [5.41, 5.74) is 1.34. The zero-order chi connectivity index (χ0) is 22.4. The molecule has 3 rings (SSSR count). The van der Waals surface area contributed by atoms with Crippen molar-refractivity contribution in [3.8, 4) is 5.75 Å². The van der Waals surface area contributed by atoms with E-state index in [0.717, 1.165) is 22.9 Å². The van der Waals surface area contributed by atoms with Gasteiger partial charge < -0.3 is 15.0 Å². The third-order valence-electron chi connectivity index (χ3n) is 4.51. The summed E-state index contributed by atoms with van der Waals surface area (Å²) in [4.78, 5) is 31.3. The summed E-state index contributed by atoms with van der Waals surface area (Å²) in [6.45, 7) is 0.288. The lowest BCUT2D eigenvalue weighted by molar-refractivity contribution is 0.0948. The van der Waals surface area contributed by atoms with Gasteiger partial charge in [-0.1, -0.05) is 24.3 Å². The number of primary sulfonamides is 1. The maximum absolute atomic E-state index is 12.4. The van der Waals surface area contributed by atoms with Crippen molar-refractivity contribution in [1.29, 1.82) is 0 Å². The van der Waals surface area contributed by atoms with Crippen molar-refractivity contribution in [1.82, 2.24) is 15.3 Å². The predicted molar refractivity (Wildman–Crippen MR) is 115 cm³/mol. The Bertz CT molecular complexity index is 1220. The number of amides is 1. The second-order valence-electron chi connectivity index (χ2n) is 6.80. The molecule has 0 aliphatic rings. The standard InChI is InChI=1S/C21H22N4O5S/c1-30-16-6-2-15(3-7-16)12-19-24-18(13-20(26)25-19)21(27)23-11-10-14-4-8-17(9-5-14)31(22,28)29/h2-9,13H,10-12H2,1H3,(H,23,27)(H2,22,28,29)(H,24,25,26). The van der Waals surface area contributed by atoms with Crippen LogP contribution in [0.1, 0.15) is 27.4 Å². The van der Waals surface area contributed by atoms with E-state index in [9.17, 15) is 18.0 Å². The largest absolute Gasteiger partial charge is 0.497 e. The average molecular weight is 442 g/mol. The van der Waals surface area contributed by atoms with Crippen LogP contribution in [-0.2, 0) is 22.9 Å². The van der Waals surface area contributed by atoms with E-state index < -0.39 is 21.5 Å². The average Bonchev–Trinajstić information content (AvgIpc) is 2.73. The molecule has 0 radical (unpaired) electrons. The van der Waals surface area contributed by atoms with Gasteiger partial charge in [-0.05, 0) is 41.8 Å². The van der Waals surface area contributed by atoms with Crippen molar-refractivity contribution in [2.75, 3.05) is 13.7 Å². The molecule has 31 heavy (non-hydrogen) atoms. The predicted octanol–water partition coefficient (Wildman–Crippen LogP) is 0.989. The number of hydrogen-bond donors (Lipinski definition) is 3. The normalized spacial score (nSPS) is 11.2. The van der Waals surface area contributed by atoms with Crippen molar-refractivity contribution in [3.63, 3.8) is 0 Å². The highest BCUT2D eigenvalue weighted by Crippen LogP contribution is 2.13. The van der Waals surface area contributed by atoms with Gasteiger partial charge in [-0.25, -0.2) is 18.5 Å². The van der Waals surface area contributed by atoms with E-state index in [-0.39, 0.29) is 17.1 Å². The van der Waals surface area contributed by atoms with Gasteiger partial charge in [0.25, 0.3) is 11.5 Å². The topological polar surface area (TPSA) is 144 Å². The molecule has 0 saturated heterocycles. The fourth-order valence-electron chi connectivity index (χ4n) is 2.90. The molecule has 0 spiro atoms. The highest BCUT2D eigenvalue weighted by molar-refractivity contribution is 7.89.